The molecule has 0 aliphatic carbocycles. The Bertz CT molecular complexity index is 75.5. The molecule has 3 heteroatoms. The van der Waals surface area contributed by atoms with Gasteiger partial charge in [-0.3, -0.25) is 0 Å². The van der Waals surface area contributed by atoms with Gasteiger partial charge in [-0.05, 0) is 0 Å². The van der Waals surface area contributed by atoms with Gasteiger partial charge in [0.05, 0.1) is 6.61 Å². The third-order valence-electron chi connectivity index (χ3n) is 0.731. The number of hydrogen-bond donors (Lipinski definition) is 0. The quantitative estimate of drug-likeness (QED) is 0.453. The monoisotopic (exact) mass is 168 g/mol. The molecule has 1 nitrogen and oxygen atoms in total. The van der Waals surface area contributed by atoms with Crippen molar-refractivity contribution < 1.29 is 4.74 Å². The maximum absolute atomic E-state index is 5.61. The molecule has 0 amide bonds. The van der Waals surface area contributed by atoms with Crippen LogP contribution >= 0.6 is 23.2 Å². The number of alkyl halides is 2. The van der Waals surface area contributed by atoms with Crippen LogP contribution < -0.4 is 0 Å². The van der Waals surface area contributed by atoms with E-state index >= 15 is 0 Å². The highest BCUT2D eigenvalue weighted by Gasteiger charge is 1.99. The molecule has 0 heterocycles. The predicted molar refractivity (Wildman–Crippen MR) is 41.1 cm³/mol. The third kappa shape index (κ3) is 6.16. The van der Waals surface area contributed by atoms with Crippen molar-refractivity contribution in [2.75, 3.05) is 12.5 Å². The zero-order valence-electron chi connectivity index (χ0n) is 5.15. The fraction of sp³-hybridized carbons (Fsp3) is 0.667. The summed E-state index contributed by atoms with van der Waals surface area (Å²) in [5.74, 6) is 0.533. The summed E-state index contributed by atoms with van der Waals surface area (Å²) in [7, 11) is 0. The summed E-state index contributed by atoms with van der Waals surface area (Å²) < 4.78 is 4.99. The molecule has 0 rings (SSSR count). The molecule has 0 aliphatic heterocycles. The first-order valence-electron chi connectivity index (χ1n) is 2.73. The fourth-order valence-electron chi connectivity index (χ4n) is 0.342. The van der Waals surface area contributed by atoms with E-state index in [1.807, 2.05) is 0 Å². The minimum absolute atomic E-state index is 0.263. The summed E-state index contributed by atoms with van der Waals surface area (Å²) in [6, 6.07) is 0. The van der Waals surface area contributed by atoms with E-state index in [-0.39, 0.29) is 5.56 Å². The molecule has 0 radical (unpaired) electrons. The van der Waals surface area contributed by atoms with Gasteiger partial charge in [-0.2, -0.15) is 0 Å². The van der Waals surface area contributed by atoms with Crippen molar-refractivity contribution in [3.05, 3.63) is 12.7 Å². The van der Waals surface area contributed by atoms with Gasteiger partial charge >= 0.3 is 0 Å². The lowest BCUT2D eigenvalue weighted by molar-refractivity contribution is 0.131. The highest BCUT2D eigenvalue weighted by atomic mass is 35.5. The van der Waals surface area contributed by atoms with E-state index in [4.69, 9.17) is 27.9 Å². The summed E-state index contributed by atoms with van der Waals surface area (Å²) in [5.41, 5.74) is -0.263. The second-order valence-electron chi connectivity index (χ2n) is 1.51. The molecule has 0 fully saturated rings. The Morgan fingerprint density at radius 2 is 2.33 bits per heavy atom. The third-order valence-corrected chi connectivity index (χ3v) is 1.29. The zero-order valence-corrected chi connectivity index (χ0v) is 6.66. The Kier molecular flexibility index (Phi) is 6.60. The van der Waals surface area contributed by atoms with Gasteiger partial charge in [-0.1, -0.05) is 17.7 Å². The van der Waals surface area contributed by atoms with Crippen molar-refractivity contribution in [3.63, 3.8) is 0 Å². The average molecular weight is 169 g/mol. The van der Waals surface area contributed by atoms with Crippen LogP contribution in [0.4, 0.5) is 0 Å². The van der Waals surface area contributed by atoms with Gasteiger partial charge < -0.3 is 4.74 Å². The smallest absolute Gasteiger partial charge is 0.132 e. The number of hydrogen-bond acceptors (Lipinski definition) is 1. The van der Waals surface area contributed by atoms with Gasteiger partial charge in [0.1, 0.15) is 5.56 Å². The number of halogens is 2. The Hall–Kier alpha value is 0.280. The van der Waals surface area contributed by atoms with Gasteiger partial charge in [0, 0.05) is 12.3 Å². The SMILES string of the molecule is C=CCOC(Cl)CCCl. The Labute approximate surface area is 65.6 Å². The molecule has 0 spiro atoms. The first kappa shape index (κ1) is 9.28. The molecule has 0 aliphatic rings. The van der Waals surface area contributed by atoms with E-state index < -0.39 is 0 Å². The molecule has 0 aromatic heterocycles. The van der Waals surface area contributed by atoms with E-state index in [0.717, 1.165) is 0 Å². The lowest BCUT2D eigenvalue weighted by Gasteiger charge is -2.05. The van der Waals surface area contributed by atoms with Crippen LogP contribution in [-0.4, -0.2) is 18.1 Å². The summed E-state index contributed by atoms with van der Waals surface area (Å²) >= 11 is 11.0. The summed E-state index contributed by atoms with van der Waals surface area (Å²) in [4.78, 5) is 0. The van der Waals surface area contributed by atoms with Gasteiger partial charge in [-0.15, -0.1) is 18.2 Å². The molecule has 0 aromatic carbocycles. The largest absolute Gasteiger partial charge is 0.358 e. The molecule has 0 aromatic rings. The van der Waals surface area contributed by atoms with Crippen molar-refractivity contribution in [2.24, 2.45) is 0 Å². The normalized spacial score (nSPS) is 13.1. The lowest BCUT2D eigenvalue weighted by atomic mass is 10.5. The average Bonchev–Trinajstić information content (AvgIpc) is 1.85. The van der Waals surface area contributed by atoms with Crippen LogP contribution in [0, 0.1) is 0 Å². The van der Waals surface area contributed by atoms with E-state index in [0.29, 0.717) is 18.9 Å². The second-order valence-corrected chi connectivity index (χ2v) is 2.37. The molecule has 0 saturated carbocycles. The molecule has 9 heavy (non-hydrogen) atoms. The Morgan fingerprint density at radius 3 is 2.78 bits per heavy atom. The van der Waals surface area contributed by atoms with E-state index in [1.54, 1.807) is 6.08 Å². The second kappa shape index (κ2) is 6.40. The van der Waals surface area contributed by atoms with Crippen molar-refractivity contribution >= 4 is 23.2 Å². The highest BCUT2D eigenvalue weighted by Crippen LogP contribution is 2.04. The molecule has 1 atom stereocenters. The molecule has 0 bridgehead atoms. The van der Waals surface area contributed by atoms with Crippen molar-refractivity contribution in [1.29, 1.82) is 0 Å². The first-order chi connectivity index (χ1) is 4.31. The maximum atomic E-state index is 5.61. The number of rotatable bonds is 5. The first-order valence-corrected chi connectivity index (χ1v) is 3.71. The molecule has 0 N–H and O–H groups in total. The van der Waals surface area contributed by atoms with Crippen molar-refractivity contribution in [1.82, 2.24) is 0 Å². The summed E-state index contributed by atoms with van der Waals surface area (Å²) in [6.07, 6.45) is 2.33. The Morgan fingerprint density at radius 1 is 1.67 bits per heavy atom. The number of ether oxygens (including phenoxy) is 1. The van der Waals surface area contributed by atoms with Crippen LogP contribution in [0.5, 0.6) is 0 Å². The summed E-state index contributed by atoms with van der Waals surface area (Å²) in [5, 5.41) is 0. The van der Waals surface area contributed by atoms with Gasteiger partial charge in [0.2, 0.25) is 0 Å². The van der Waals surface area contributed by atoms with Crippen LogP contribution in [0.3, 0.4) is 0 Å². The van der Waals surface area contributed by atoms with Crippen LogP contribution in [0.25, 0.3) is 0 Å². The minimum Gasteiger partial charge on any atom is -0.358 e. The standard InChI is InChI=1S/C6H10Cl2O/c1-2-5-9-6(8)3-4-7/h2,6H,1,3-5H2. The highest BCUT2D eigenvalue weighted by molar-refractivity contribution is 6.21. The van der Waals surface area contributed by atoms with Gasteiger partial charge in [0.25, 0.3) is 0 Å². The molecular weight excluding hydrogens is 159 g/mol. The van der Waals surface area contributed by atoms with E-state index in [9.17, 15) is 0 Å². The van der Waals surface area contributed by atoms with Crippen LogP contribution in [0.2, 0.25) is 0 Å². The molecule has 0 saturated heterocycles. The minimum atomic E-state index is -0.263. The summed E-state index contributed by atoms with van der Waals surface area (Å²) in [6.45, 7) is 3.97. The Balaban J connectivity index is 3.04. The zero-order chi connectivity index (χ0) is 7.11. The van der Waals surface area contributed by atoms with Gasteiger partial charge in [0.15, 0.2) is 0 Å². The lowest BCUT2D eigenvalue weighted by Crippen LogP contribution is -2.04. The van der Waals surface area contributed by atoms with Crippen LogP contribution in [-0.2, 0) is 4.74 Å². The molecular formula is C6H10Cl2O. The molecule has 54 valence electrons. The van der Waals surface area contributed by atoms with Gasteiger partial charge in [-0.25, -0.2) is 0 Å². The van der Waals surface area contributed by atoms with Crippen LogP contribution in [0.1, 0.15) is 6.42 Å². The van der Waals surface area contributed by atoms with E-state index in [2.05, 4.69) is 6.58 Å². The van der Waals surface area contributed by atoms with Crippen molar-refractivity contribution in [3.8, 4) is 0 Å². The van der Waals surface area contributed by atoms with Crippen LogP contribution in [0.15, 0.2) is 12.7 Å². The van der Waals surface area contributed by atoms with E-state index in [1.165, 1.54) is 0 Å². The van der Waals surface area contributed by atoms with Crippen molar-refractivity contribution in [2.45, 2.75) is 12.0 Å². The maximum Gasteiger partial charge on any atom is 0.132 e. The topological polar surface area (TPSA) is 9.23 Å². The fourth-order valence-corrected chi connectivity index (χ4v) is 0.833. The predicted octanol–water partition coefficient (Wildman–Crippen LogP) is 2.38. The molecule has 1 unspecified atom stereocenters.